The third-order valence-electron chi connectivity index (χ3n) is 3.77. The second-order valence-electron chi connectivity index (χ2n) is 4.55. The van der Waals surface area contributed by atoms with Gasteiger partial charge in [-0.1, -0.05) is 0 Å². The van der Waals surface area contributed by atoms with E-state index in [1.165, 1.54) is 20.0 Å². The molecule has 2 rings (SSSR count). The van der Waals surface area contributed by atoms with Gasteiger partial charge in [-0.05, 0) is 50.6 Å². The number of hydrogen-bond donors (Lipinski definition) is 1. The molecule has 1 heterocycles. The van der Waals surface area contributed by atoms with Crippen LogP contribution in [0.2, 0.25) is 0 Å². The molecule has 0 bridgehead atoms. The van der Waals surface area contributed by atoms with Crippen LogP contribution in [-0.4, -0.2) is 26.2 Å². The lowest BCUT2D eigenvalue weighted by molar-refractivity contribution is -0.147. The molecule has 0 spiro atoms. The average molecular weight is 197 g/mol. The van der Waals surface area contributed by atoms with Gasteiger partial charge in [0.15, 0.2) is 0 Å². The molecule has 0 amide bonds. The van der Waals surface area contributed by atoms with E-state index in [0.29, 0.717) is 5.92 Å². The molecule has 1 saturated carbocycles. The molecule has 2 fully saturated rings. The predicted molar refractivity (Wildman–Crippen MR) is 53.8 cm³/mol. The Morgan fingerprint density at radius 1 is 1.29 bits per heavy atom. The van der Waals surface area contributed by atoms with Crippen molar-refractivity contribution in [2.24, 2.45) is 17.8 Å². The van der Waals surface area contributed by atoms with Crippen LogP contribution in [-0.2, 0) is 9.53 Å². The Morgan fingerprint density at radius 3 is 2.93 bits per heavy atom. The minimum absolute atomic E-state index is 0.00553. The average Bonchev–Trinajstić information content (AvgIpc) is 2.27. The number of nitrogens with one attached hydrogen (secondary N) is 1. The Labute approximate surface area is 85.2 Å². The molecule has 14 heavy (non-hydrogen) atoms. The van der Waals surface area contributed by atoms with Crippen molar-refractivity contribution >= 4 is 5.97 Å². The molecule has 0 unspecified atom stereocenters. The van der Waals surface area contributed by atoms with Gasteiger partial charge in [0.05, 0.1) is 13.0 Å². The molecule has 0 aromatic carbocycles. The predicted octanol–water partition coefficient (Wildman–Crippen LogP) is 1.19. The first kappa shape index (κ1) is 9.97. The highest BCUT2D eigenvalue weighted by Crippen LogP contribution is 2.37. The molecule has 1 saturated heterocycles. The molecule has 0 aromatic heterocycles. The lowest BCUT2D eigenvalue weighted by Gasteiger charge is -2.38. The van der Waals surface area contributed by atoms with Gasteiger partial charge in [-0.25, -0.2) is 0 Å². The van der Waals surface area contributed by atoms with Crippen molar-refractivity contribution in [2.45, 2.75) is 25.7 Å². The van der Waals surface area contributed by atoms with Gasteiger partial charge in [0, 0.05) is 0 Å². The molecular weight excluding hydrogens is 178 g/mol. The highest BCUT2D eigenvalue weighted by Gasteiger charge is 2.35. The second kappa shape index (κ2) is 4.30. The Balaban J connectivity index is 1.92. The topological polar surface area (TPSA) is 38.3 Å². The number of hydrogen-bond acceptors (Lipinski definition) is 3. The van der Waals surface area contributed by atoms with Gasteiger partial charge in [-0.2, -0.15) is 0 Å². The van der Waals surface area contributed by atoms with Crippen molar-refractivity contribution in [3.8, 4) is 0 Å². The molecular formula is C11H19NO2. The lowest BCUT2D eigenvalue weighted by atomic mass is 9.71. The molecule has 1 aliphatic heterocycles. The number of fused-ring (bicyclic) bond motifs is 1. The summed E-state index contributed by atoms with van der Waals surface area (Å²) in [6.45, 7) is 2.25. The molecule has 1 aliphatic carbocycles. The van der Waals surface area contributed by atoms with Crippen LogP contribution in [0.1, 0.15) is 25.7 Å². The normalized spacial score (nSPS) is 37.4. The van der Waals surface area contributed by atoms with Crippen molar-refractivity contribution in [1.29, 1.82) is 0 Å². The fourth-order valence-corrected chi connectivity index (χ4v) is 2.91. The number of carbonyl (C=O) groups is 1. The first-order chi connectivity index (χ1) is 6.81. The van der Waals surface area contributed by atoms with Crippen molar-refractivity contribution in [2.75, 3.05) is 20.2 Å². The third-order valence-corrected chi connectivity index (χ3v) is 3.77. The van der Waals surface area contributed by atoms with Crippen molar-refractivity contribution < 1.29 is 9.53 Å². The van der Waals surface area contributed by atoms with E-state index in [4.69, 9.17) is 4.74 Å². The van der Waals surface area contributed by atoms with Crippen LogP contribution < -0.4 is 5.32 Å². The highest BCUT2D eigenvalue weighted by molar-refractivity contribution is 5.72. The fraction of sp³-hybridized carbons (Fsp3) is 0.909. The van der Waals surface area contributed by atoms with Crippen LogP contribution in [0.4, 0.5) is 0 Å². The van der Waals surface area contributed by atoms with E-state index in [-0.39, 0.29) is 11.9 Å². The number of carbonyl (C=O) groups excluding carboxylic acids is 1. The second-order valence-corrected chi connectivity index (χ2v) is 4.55. The Bertz CT molecular complexity index is 217. The third kappa shape index (κ3) is 1.92. The Kier molecular flexibility index (Phi) is 3.06. The number of esters is 1. The zero-order chi connectivity index (χ0) is 9.97. The van der Waals surface area contributed by atoms with Gasteiger partial charge in [0.2, 0.25) is 0 Å². The van der Waals surface area contributed by atoms with E-state index in [0.717, 1.165) is 31.8 Å². The van der Waals surface area contributed by atoms with Crippen molar-refractivity contribution in [3.63, 3.8) is 0 Å². The van der Waals surface area contributed by atoms with E-state index >= 15 is 0 Å². The number of rotatable bonds is 1. The maximum atomic E-state index is 11.4. The van der Waals surface area contributed by atoms with Crippen LogP contribution in [0, 0.1) is 17.8 Å². The van der Waals surface area contributed by atoms with E-state index < -0.39 is 0 Å². The van der Waals surface area contributed by atoms with Crippen LogP contribution in [0.15, 0.2) is 0 Å². The lowest BCUT2D eigenvalue weighted by Crippen LogP contribution is -2.41. The Morgan fingerprint density at radius 2 is 2.14 bits per heavy atom. The molecule has 1 N–H and O–H groups in total. The molecule has 3 nitrogen and oxygen atoms in total. The largest absolute Gasteiger partial charge is 0.469 e. The number of methoxy groups -OCH3 is 1. The summed E-state index contributed by atoms with van der Waals surface area (Å²) in [5.74, 6) is 1.73. The minimum atomic E-state index is -0.00553. The smallest absolute Gasteiger partial charge is 0.308 e. The summed E-state index contributed by atoms with van der Waals surface area (Å²) in [6, 6.07) is 0. The molecule has 2 aliphatic rings. The van der Waals surface area contributed by atoms with Crippen molar-refractivity contribution in [3.05, 3.63) is 0 Å². The van der Waals surface area contributed by atoms with Gasteiger partial charge >= 0.3 is 5.97 Å². The number of piperidine rings is 1. The maximum absolute atomic E-state index is 11.4. The van der Waals surface area contributed by atoms with E-state index in [9.17, 15) is 4.79 Å². The van der Waals surface area contributed by atoms with Gasteiger partial charge in [-0.3, -0.25) is 4.79 Å². The molecule has 80 valence electrons. The zero-order valence-electron chi connectivity index (χ0n) is 8.79. The van der Waals surface area contributed by atoms with Gasteiger partial charge in [0.1, 0.15) is 0 Å². The Hall–Kier alpha value is -0.570. The van der Waals surface area contributed by atoms with Crippen LogP contribution in [0.25, 0.3) is 0 Å². The summed E-state index contributed by atoms with van der Waals surface area (Å²) in [6.07, 6.45) is 4.57. The molecule has 3 atom stereocenters. The highest BCUT2D eigenvalue weighted by atomic mass is 16.5. The zero-order valence-corrected chi connectivity index (χ0v) is 8.79. The molecule has 0 radical (unpaired) electrons. The molecule has 0 aromatic rings. The summed E-state index contributed by atoms with van der Waals surface area (Å²) in [5, 5.41) is 3.41. The summed E-state index contributed by atoms with van der Waals surface area (Å²) < 4.78 is 4.81. The fourth-order valence-electron chi connectivity index (χ4n) is 2.91. The SMILES string of the molecule is COC(=O)[C@H]1CC[C@H]2CCNC[C@@H]2C1. The summed E-state index contributed by atoms with van der Waals surface area (Å²) in [5.41, 5.74) is 0. The first-order valence-electron chi connectivity index (χ1n) is 5.60. The maximum Gasteiger partial charge on any atom is 0.308 e. The van der Waals surface area contributed by atoms with Crippen LogP contribution in [0.5, 0.6) is 0 Å². The molecule has 3 heteroatoms. The van der Waals surface area contributed by atoms with Gasteiger partial charge in [0.25, 0.3) is 0 Å². The van der Waals surface area contributed by atoms with Crippen LogP contribution in [0.3, 0.4) is 0 Å². The van der Waals surface area contributed by atoms with E-state index in [1.807, 2.05) is 0 Å². The quantitative estimate of drug-likeness (QED) is 0.642. The van der Waals surface area contributed by atoms with Gasteiger partial charge in [-0.15, -0.1) is 0 Å². The van der Waals surface area contributed by atoms with Crippen LogP contribution >= 0.6 is 0 Å². The number of ether oxygens (including phenoxy) is 1. The van der Waals surface area contributed by atoms with Gasteiger partial charge < -0.3 is 10.1 Å². The standard InChI is InChI=1S/C11H19NO2/c1-14-11(13)9-3-2-8-4-5-12-7-10(8)6-9/h8-10,12H,2-7H2,1H3/t8-,9-,10-/m0/s1. The van der Waals surface area contributed by atoms with Crippen molar-refractivity contribution in [1.82, 2.24) is 5.32 Å². The summed E-state index contributed by atoms with van der Waals surface area (Å²) in [4.78, 5) is 11.4. The summed E-state index contributed by atoms with van der Waals surface area (Å²) >= 11 is 0. The summed E-state index contributed by atoms with van der Waals surface area (Å²) in [7, 11) is 1.49. The van der Waals surface area contributed by atoms with E-state index in [1.54, 1.807) is 0 Å². The monoisotopic (exact) mass is 197 g/mol. The first-order valence-corrected chi connectivity index (χ1v) is 5.60. The minimum Gasteiger partial charge on any atom is -0.469 e. The van der Waals surface area contributed by atoms with E-state index in [2.05, 4.69) is 5.32 Å².